The van der Waals surface area contributed by atoms with Crippen LogP contribution < -0.4 is 10.5 Å². The van der Waals surface area contributed by atoms with Crippen LogP contribution in [-0.4, -0.2) is 56.0 Å². The van der Waals surface area contributed by atoms with E-state index in [9.17, 15) is 4.79 Å². The largest absolute Gasteiger partial charge is 0.495 e. The number of nitrogen functional groups attached to an aromatic ring is 1. The van der Waals surface area contributed by atoms with E-state index in [2.05, 4.69) is 25.9 Å². The van der Waals surface area contributed by atoms with E-state index in [1.807, 2.05) is 4.90 Å². The highest BCUT2D eigenvalue weighted by atomic mass is 16.5. The Hall–Kier alpha value is -1.75. The zero-order chi connectivity index (χ0) is 14.9. The number of likely N-dealkylation sites (N-methyl/N-ethyl adjacent to an activating group) is 1. The number of carbonyl (C=O) groups excluding carboxylic acids is 1. The molecule has 0 saturated carbocycles. The number of rotatable bonds is 3. The van der Waals surface area contributed by atoms with Gasteiger partial charge in [0.05, 0.1) is 12.8 Å². The summed E-state index contributed by atoms with van der Waals surface area (Å²) in [4.78, 5) is 16.6. The fourth-order valence-electron chi connectivity index (χ4n) is 2.81. The molecule has 5 heteroatoms. The third kappa shape index (κ3) is 2.72. The van der Waals surface area contributed by atoms with Crippen LogP contribution in [0.2, 0.25) is 0 Å². The minimum atomic E-state index is 0.0412. The summed E-state index contributed by atoms with van der Waals surface area (Å²) in [5.41, 5.74) is 6.95. The zero-order valence-corrected chi connectivity index (χ0v) is 12.6. The Morgan fingerprint density at radius 3 is 2.65 bits per heavy atom. The van der Waals surface area contributed by atoms with Crippen molar-refractivity contribution in [3.05, 3.63) is 23.8 Å². The predicted molar refractivity (Wildman–Crippen MR) is 79.9 cm³/mol. The van der Waals surface area contributed by atoms with Gasteiger partial charge in [-0.2, -0.15) is 0 Å². The van der Waals surface area contributed by atoms with Crippen LogP contribution in [0.1, 0.15) is 17.3 Å². The summed E-state index contributed by atoms with van der Waals surface area (Å²) < 4.78 is 5.17. The van der Waals surface area contributed by atoms with E-state index >= 15 is 0 Å². The first-order valence-electron chi connectivity index (χ1n) is 6.83. The molecule has 2 N–H and O–H groups in total. The van der Waals surface area contributed by atoms with Gasteiger partial charge in [-0.3, -0.25) is 4.79 Å². The van der Waals surface area contributed by atoms with Crippen molar-refractivity contribution in [1.29, 1.82) is 0 Å². The van der Waals surface area contributed by atoms with Gasteiger partial charge in [0.15, 0.2) is 0 Å². The van der Waals surface area contributed by atoms with E-state index in [1.165, 1.54) is 0 Å². The van der Waals surface area contributed by atoms with E-state index in [1.54, 1.807) is 25.3 Å². The molecule has 1 aliphatic heterocycles. The van der Waals surface area contributed by atoms with Crippen LogP contribution in [0.3, 0.4) is 0 Å². The molecule has 0 bridgehead atoms. The quantitative estimate of drug-likeness (QED) is 0.846. The lowest BCUT2D eigenvalue weighted by Gasteiger charge is -2.22. The molecular formula is C15H23N3O2. The minimum absolute atomic E-state index is 0.0412. The number of hydrogen-bond acceptors (Lipinski definition) is 4. The van der Waals surface area contributed by atoms with E-state index in [4.69, 9.17) is 10.5 Å². The second kappa shape index (κ2) is 5.71. The van der Waals surface area contributed by atoms with E-state index in [-0.39, 0.29) is 5.91 Å². The van der Waals surface area contributed by atoms with E-state index in [0.29, 0.717) is 29.0 Å². The molecule has 1 aromatic carbocycles. The molecule has 20 heavy (non-hydrogen) atoms. The van der Waals surface area contributed by atoms with Gasteiger partial charge >= 0.3 is 0 Å². The number of nitrogens with two attached hydrogens (primary N) is 1. The molecule has 1 fully saturated rings. The molecule has 0 radical (unpaired) electrons. The van der Waals surface area contributed by atoms with Crippen LogP contribution in [-0.2, 0) is 0 Å². The maximum absolute atomic E-state index is 12.6. The predicted octanol–water partition coefficient (Wildman–Crippen LogP) is 1.30. The lowest BCUT2D eigenvalue weighted by Crippen LogP contribution is -2.35. The molecule has 0 aliphatic carbocycles. The summed E-state index contributed by atoms with van der Waals surface area (Å²) in [7, 11) is 5.67. The molecule has 0 aromatic heterocycles. The number of benzene rings is 1. The summed E-state index contributed by atoms with van der Waals surface area (Å²) in [6, 6.07) is 5.60. The van der Waals surface area contributed by atoms with Gasteiger partial charge in [0.25, 0.3) is 5.91 Å². The van der Waals surface area contributed by atoms with Gasteiger partial charge in [0.2, 0.25) is 0 Å². The highest BCUT2D eigenvalue weighted by Gasteiger charge is 2.34. The zero-order valence-electron chi connectivity index (χ0n) is 12.6. The lowest BCUT2D eigenvalue weighted by molar-refractivity contribution is 0.0781. The molecular weight excluding hydrogens is 254 g/mol. The molecule has 2 rings (SSSR count). The first-order chi connectivity index (χ1) is 9.43. The fourth-order valence-corrected chi connectivity index (χ4v) is 2.81. The Morgan fingerprint density at radius 2 is 2.10 bits per heavy atom. The van der Waals surface area contributed by atoms with Gasteiger partial charge in [-0.25, -0.2) is 0 Å². The molecule has 0 spiro atoms. The van der Waals surface area contributed by atoms with Crippen molar-refractivity contribution in [3.8, 4) is 5.75 Å². The molecule has 5 nitrogen and oxygen atoms in total. The Labute approximate surface area is 120 Å². The van der Waals surface area contributed by atoms with Gasteiger partial charge in [0, 0.05) is 24.7 Å². The van der Waals surface area contributed by atoms with Gasteiger partial charge in [0.1, 0.15) is 5.75 Å². The van der Waals surface area contributed by atoms with Crippen molar-refractivity contribution in [2.24, 2.45) is 5.92 Å². The van der Waals surface area contributed by atoms with Crippen molar-refractivity contribution in [1.82, 2.24) is 9.80 Å². The standard InChI is InChI=1S/C15H23N3O2/c1-10-8-18(9-13(10)17(2)3)15(19)11-5-6-12(16)14(7-11)20-4/h5-7,10,13H,8-9,16H2,1-4H3. The lowest BCUT2D eigenvalue weighted by atomic mass is 10.1. The molecule has 1 aromatic rings. The van der Waals surface area contributed by atoms with Crippen molar-refractivity contribution in [2.75, 3.05) is 40.0 Å². The van der Waals surface area contributed by atoms with Crippen molar-refractivity contribution in [2.45, 2.75) is 13.0 Å². The normalized spacial score (nSPS) is 22.4. The molecule has 1 saturated heterocycles. The third-order valence-corrected chi connectivity index (χ3v) is 4.00. The van der Waals surface area contributed by atoms with Gasteiger partial charge in [-0.05, 0) is 38.2 Å². The molecule has 1 amide bonds. The maximum atomic E-state index is 12.6. The van der Waals surface area contributed by atoms with Gasteiger partial charge in [-0.1, -0.05) is 6.92 Å². The van der Waals surface area contributed by atoms with Crippen LogP contribution in [0, 0.1) is 5.92 Å². The van der Waals surface area contributed by atoms with Crippen molar-refractivity contribution in [3.63, 3.8) is 0 Å². The summed E-state index contributed by atoms with van der Waals surface area (Å²) in [5.74, 6) is 1.07. The Morgan fingerprint density at radius 1 is 1.40 bits per heavy atom. The summed E-state index contributed by atoms with van der Waals surface area (Å²) in [5, 5.41) is 0. The molecule has 2 atom stereocenters. The van der Waals surface area contributed by atoms with Crippen LogP contribution in [0.5, 0.6) is 5.75 Å². The number of likely N-dealkylation sites (tertiary alicyclic amines) is 1. The third-order valence-electron chi connectivity index (χ3n) is 4.00. The summed E-state index contributed by atoms with van der Waals surface area (Å²) in [6.45, 7) is 3.73. The molecule has 110 valence electrons. The average molecular weight is 277 g/mol. The molecule has 1 aliphatic rings. The number of hydrogen-bond donors (Lipinski definition) is 1. The number of anilines is 1. The van der Waals surface area contributed by atoms with Crippen LogP contribution in [0.25, 0.3) is 0 Å². The minimum Gasteiger partial charge on any atom is -0.495 e. The van der Waals surface area contributed by atoms with Crippen molar-refractivity contribution >= 4 is 11.6 Å². The fraction of sp³-hybridized carbons (Fsp3) is 0.533. The SMILES string of the molecule is COc1cc(C(=O)N2CC(C)C(N(C)C)C2)ccc1N. The van der Waals surface area contributed by atoms with Crippen LogP contribution in [0.4, 0.5) is 5.69 Å². The second-order valence-corrected chi connectivity index (χ2v) is 5.68. The molecule has 2 unspecified atom stereocenters. The number of nitrogens with zero attached hydrogens (tertiary/aromatic N) is 2. The maximum Gasteiger partial charge on any atom is 0.254 e. The van der Waals surface area contributed by atoms with Gasteiger partial charge < -0.3 is 20.3 Å². The first kappa shape index (κ1) is 14.7. The number of ether oxygens (including phenoxy) is 1. The smallest absolute Gasteiger partial charge is 0.254 e. The van der Waals surface area contributed by atoms with Crippen LogP contribution in [0.15, 0.2) is 18.2 Å². The monoisotopic (exact) mass is 277 g/mol. The summed E-state index contributed by atoms with van der Waals surface area (Å²) >= 11 is 0. The average Bonchev–Trinajstić information content (AvgIpc) is 2.80. The Kier molecular flexibility index (Phi) is 4.18. The number of carbonyl (C=O) groups is 1. The van der Waals surface area contributed by atoms with Gasteiger partial charge in [-0.15, -0.1) is 0 Å². The van der Waals surface area contributed by atoms with Crippen molar-refractivity contribution < 1.29 is 9.53 Å². The topological polar surface area (TPSA) is 58.8 Å². The molecule has 1 heterocycles. The van der Waals surface area contributed by atoms with E-state index in [0.717, 1.165) is 13.1 Å². The Bertz CT molecular complexity index is 502. The Balaban J connectivity index is 2.16. The first-order valence-corrected chi connectivity index (χ1v) is 6.83. The van der Waals surface area contributed by atoms with Crippen LogP contribution >= 0.6 is 0 Å². The summed E-state index contributed by atoms with van der Waals surface area (Å²) in [6.07, 6.45) is 0. The number of amides is 1. The van der Waals surface area contributed by atoms with E-state index < -0.39 is 0 Å². The highest BCUT2D eigenvalue weighted by molar-refractivity contribution is 5.95. The highest BCUT2D eigenvalue weighted by Crippen LogP contribution is 2.26. The second-order valence-electron chi connectivity index (χ2n) is 5.68. The number of methoxy groups -OCH3 is 1.